The number of nitrogens with zero attached hydrogens (tertiary/aromatic N) is 2. The molecule has 136 valence electrons. The van der Waals surface area contributed by atoms with Gasteiger partial charge in [0.05, 0.1) is 0 Å². The number of rotatable bonds is 5. The third-order valence-corrected chi connectivity index (χ3v) is 5.05. The topological polar surface area (TPSA) is 71.9 Å². The average Bonchev–Trinajstić information content (AvgIpc) is 3.15. The molecular weight excluding hydrogens is 328 g/mol. The van der Waals surface area contributed by atoms with Crippen LogP contribution in [-0.4, -0.2) is 27.2 Å². The van der Waals surface area contributed by atoms with Crippen molar-refractivity contribution in [2.75, 3.05) is 6.61 Å². The Kier molecular flexibility index (Phi) is 4.86. The van der Waals surface area contributed by atoms with Crippen molar-refractivity contribution in [2.24, 2.45) is 0 Å². The van der Waals surface area contributed by atoms with Gasteiger partial charge >= 0.3 is 0 Å². The number of nitrogens with one attached hydrogen (secondary N) is 2. The van der Waals surface area contributed by atoms with Crippen LogP contribution in [0.1, 0.15) is 37.3 Å². The third-order valence-electron chi connectivity index (χ3n) is 5.05. The molecular formula is C20H24N4O2. The van der Waals surface area contributed by atoms with Crippen LogP contribution in [0.5, 0.6) is 0 Å². The summed E-state index contributed by atoms with van der Waals surface area (Å²) in [7, 11) is 0. The van der Waals surface area contributed by atoms with Gasteiger partial charge in [0, 0.05) is 49.2 Å². The molecule has 4 rings (SSSR count). The van der Waals surface area contributed by atoms with Crippen molar-refractivity contribution in [2.45, 2.75) is 45.0 Å². The van der Waals surface area contributed by atoms with Crippen molar-refractivity contribution in [1.29, 1.82) is 0 Å². The maximum Gasteiger partial charge on any atom is 0.252 e. The van der Waals surface area contributed by atoms with E-state index in [0.29, 0.717) is 6.54 Å². The van der Waals surface area contributed by atoms with Crippen LogP contribution in [0, 0.1) is 0 Å². The maximum atomic E-state index is 12.4. The molecule has 0 aliphatic carbocycles. The third kappa shape index (κ3) is 3.30. The lowest BCUT2D eigenvalue weighted by molar-refractivity contribution is -0.0182. The molecule has 6 nitrogen and oxygen atoms in total. The molecule has 0 saturated carbocycles. The van der Waals surface area contributed by atoms with Crippen molar-refractivity contribution in [1.82, 2.24) is 19.9 Å². The molecule has 0 spiro atoms. The van der Waals surface area contributed by atoms with Crippen molar-refractivity contribution < 1.29 is 4.74 Å². The molecule has 0 bridgehead atoms. The van der Waals surface area contributed by atoms with E-state index in [1.54, 1.807) is 0 Å². The second kappa shape index (κ2) is 7.43. The molecule has 2 N–H and O–H groups in total. The van der Waals surface area contributed by atoms with Gasteiger partial charge in [-0.1, -0.05) is 18.2 Å². The molecule has 2 atom stereocenters. The number of hydrogen-bond acceptors (Lipinski definition) is 4. The summed E-state index contributed by atoms with van der Waals surface area (Å²) in [6, 6.07) is 9.95. The Hall–Kier alpha value is -2.44. The smallest absolute Gasteiger partial charge is 0.252 e. The number of fused-ring (bicyclic) bond motifs is 1. The number of para-hydroxylation sites is 1. The summed E-state index contributed by atoms with van der Waals surface area (Å²) >= 11 is 0. The van der Waals surface area contributed by atoms with E-state index >= 15 is 0 Å². The van der Waals surface area contributed by atoms with Crippen molar-refractivity contribution >= 4 is 10.9 Å². The van der Waals surface area contributed by atoms with Gasteiger partial charge in [0.2, 0.25) is 0 Å². The van der Waals surface area contributed by atoms with Gasteiger partial charge in [-0.3, -0.25) is 4.79 Å². The number of aromatic nitrogens is 3. The highest BCUT2D eigenvalue weighted by molar-refractivity contribution is 5.78. The first-order valence-electron chi connectivity index (χ1n) is 9.23. The van der Waals surface area contributed by atoms with Crippen LogP contribution < -0.4 is 10.9 Å². The fourth-order valence-corrected chi connectivity index (χ4v) is 3.65. The summed E-state index contributed by atoms with van der Waals surface area (Å²) < 4.78 is 8.15. The van der Waals surface area contributed by atoms with Gasteiger partial charge in [-0.2, -0.15) is 0 Å². The first-order chi connectivity index (χ1) is 12.8. The molecule has 0 amide bonds. The normalized spacial score (nSPS) is 20.5. The monoisotopic (exact) mass is 352 g/mol. The standard InChI is InChI=1S/C20H24N4O2/c1-2-24-10-9-21-19(24)18-17(8-5-11-26-18)22-13-15-12-14-6-3-4-7-16(14)23-20(15)25/h3-4,6-7,9-10,12,17-18,22H,2,5,8,11,13H2,1H3,(H,23,25)/t17-,18-/m0/s1. The predicted molar refractivity (Wildman–Crippen MR) is 101 cm³/mol. The molecule has 0 radical (unpaired) electrons. The largest absolute Gasteiger partial charge is 0.369 e. The van der Waals surface area contributed by atoms with Gasteiger partial charge in [0.1, 0.15) is 11.9 Å². The quantitative estimate of drug-likeness (QED) is 0.741. The van der Waals surface area contributed by atoms with E-state index in [0.717, 1.165) is 48.3 Å². The van der Waals surface area contributed by atoms with E-state index in [2.05, 4.69) is 26.8 Å². The number of pyridine rings is 1. The minimum atomic E-state index is -0.0850. The molecule has 3 heterocycles. The summed E-state index contributed by atoms with van der Waals surface area (Å²) in [6.07, 6.45) is 5.74. The molecule has 1 fully saturated rings. The number of aromatic amines is 1. The Balaban J connectivity index is 1.54. The van der Waals surface area contributed by atoms with Crippen molar-refractivity contribution in [3.63, 3.8) is 0 Å². The summed E-state index contributed by atoms with van der Waals surface area (Å²) in [5.41, 5.74) is 1.57. The van der Waals surface area contributed by atoms with Gasteiger partial charge in [0.25, 0.3) is 5.56 Å². The lowest BCUT2D eigenvalue weighted by Crippen LogP contribution is -2.41. The van der Waals surface area contributed by atoms with Crippen LogP contribution in [-0.2, 0) is 17.8 Å². The first-order valence-corrected chi connectivity index (χ1v) is 9.23. The molecule has 1 saturated heterocycles. The van der Waals surface area contributed by atoms with Crippen LogP contribution in [0.4, 0.5) is 0 Å². The number of H-pyrrole nitrogens is 1. The fraction of sp³-hybridized carbons (Fsp3) is 0.400. The summed E-state index contributed by atoms with van der Waals surface area (Å²) in [5.74, 6) is 0.956. The minimum Gasteiger partial charge on any atom is -0.369 e. The summed E-state index contributed by atoms with van der Waals surface area (Å²) in [4.78, 5) is 19.8. The predicted octanol–water partition coefficient (Wildman–Crippen LogP) is 2.75. The van der Waals surface area contributed by atoms with Crippen LogP contribution in [0.2, 0.25) is 0 Å². The Labute approximate surface area is 152 Å². The van der Waals surface area contributed by atoms with E-state index < -0.39 is 0 Å². The van der Waals surface area contributed by atoms with Gasteiger partial charge in [0.15, 0.2) is 0 Å². The van der Waals surface area contributed by atoms with Gasteiger partial charge in [-0.15, -0.1) is 0 Å². The Morgan fingerprint density at radius 1 is 1.38 bits per heavy atom. The molecule has 0 unspecified atom stereocenters. The number of imidazole rings is 1. The maximum absolute atomic E-state index is 12.4. The highest BCUT2D eigenvalue weighted by atomic mass is 16.5. The Morgan fingerprint density at radius 3 is 3.15 bits per heavy atom. The van der Waals surface area contributed by atoms with Crippen LogP contribution in [0.15, 0.2) is 47.5 Å². The zero-order valence-corrected chi connectivity index (χ0v) is 14.9. The van der Waals surface area contributed by atoms with Crippen LogP contribution in [0.25, 0.3) is 10.9 Å². The Bertz CT molecular complexity index is 946. The van der Waals surface area contributed by atoms with Gasteiger partial charge in [-0.25, -0.2) is 4.98 Å². The summed E-state index contributed by atoms with van der Waals surface area (Å²) in [5, 5.41) is 4.58. The summed E-state index contributed by atoms with van der Waals surface area (Å²) in [6.45, 7) is 4.23. The van der Waals surface area contributed by atoms with Gasteiger partial charge < -0.3 is 19.6 Å². The van der Waals surface area contributed by atoms with E-state index in [9.17, 15) is 4.79 Å². The van der Waals surface area contributed by atoms with E-state index in [1.807, 2.05) is 42.7 Å². The lowest BCUT2D eigenvalue weighted by atomic mass is 10.0. The van der Waals surface area contributed by atoms with E-state index in [1.165, 1.54) is 0 Å². The number of benzene rings is 1. The number of ether oxygens (including phenoxy) is 1. The second-order valence-electron chi connectivity index (χ2n) is 6.70. The van der Waals surface area contributed by atoms with Crippen molar-refractivity contribution in [3.05, 3.63) is 64.5 Å². The fourth-order valence-electron chi connectivity index (χ4n) is 3.65. The minimum absolute atomic E-state index is 0.0421. The molecule has 1 aromatic carbocycles. The molecule has 6 heteroatoms. The average molecular weight is 352 g/mol. The first kappa shape index (κ1) is 17.0. The molecule has 2 aromatic heterocycles. The molecule has 26 heavy (non-hydrogen) atoms. The van der Waals surface area contributed by atoms with Crippen LogP contribution in [0.3, 0.4) is 0 Å². The molecule has 1 aliphatic heterocycles. The second-order valence-corrected chi connectivity index (χ2v) is 6.70. The molecule has 3 aromatic rings. The zero-order valence-electron chi connectivity index (χ0n) is 14.9. The SMILES string of the molecule is CCn1ccnc1[C@H]1OCCC[C@@H]1NCc1cc2ccccc2[nH]c1=O. The lowest BCUT2D eigenvalue weighted by Gasteiger charge is -2.32. The van der Waals surface area contributed by atoms with Gasteiger partial charge in [-0.05, 0) is 37.3 Å². The Morgan fingerprint density at radius 2 is 2.27 bits per heavy atom. The number of hydrogen-bond donors (Lipinski definition) is 2. The number of aryl methyl sites for hydroxylation is 1. The zero-order chi connectivity index (χ0) is 17.9. The highest BCUT2D eigenvalue weighted by Gasteiger charge is 2.30. The molecule has 1 aliphatic rings. The van der Waals surface area contributed by atoms with E-state index in [-0.39, 0.29) is 17.7 Å². The van der Waals surface area contributed by atoms with Crippen molar-refractivity contribution in [3.8, 4) is 0 Å². The highest BCUT2D eigenvalue weighted by Crippen LogP contribution is 2.27. The van der Waals surface area contributed by atoms with E-state index in [4.69, 9.17) is 4.74 Å². The van der Waals surface area contributed by atoms with Crippen LogP contribution >= 0.6 is 0 Å².